The first-order chi connectivity index (χ1) is 20.7. The Morgan fingerprint density at radius 2 is 1.37 bits per heavy atom. The number of anilines is 1. The standard InChI is InChI=1S/C34H37N3O5S/c1-26(2)35-34(39)32(23-27-14-7-4-8-15-27)36(24-28-16-13-19-30(22-28)42-3)33(38)25-37(29-17-9-5-10-18-29)43(40,41)31-20-11-6-12-21-31/h4-22,26,32H,23-25H2,1-3H3,(H,35,39). The number of rotatable bonds is 13. The van der Waals surface area contributed by atoms with Gasteiger partial charge in [-0.25, -0.2) is 8.42 Å². The fourth-order valence-electron chi connectivity index (χ4n) is 4.74. The quantitative estimate of drug-likeness (QED) is 0.232. The molecule has 0 aliphatic carbocycles. The summed E-state index contributed by atoms with van der Waals surface area (Å²) in [6.45, 7) is 3.27. The zero-order chi connectivity index (χ0) is 30.8. The van der Waals surface area contributed by atoms with Gasteiger partial charge in [-0.3, -0.25) is 13.9 Å². The van der Waals surface area contributed by atoms with Gasteiger partial charge in [0.2, 0.25) is 11.8 Å². The molecule has 4 aromatic carbocycles. The number of hydrogen-bond donors (Lipinski definition) is 1. The van der Waals surface area contributed by atoms with Gasteiger partial charge in [0.05, 0.1) is 17.7 Å². The lowest BCUT2D eigenvalue weighted by Crippen LogP contribution is -2.54. The lowest BCUT2D eigenvalue weighted by molar-refractivity contribution is -0.140. The monoisotopic (exact) mass is 599 g/mol. The number of nitrogens with one attached hydrogen (secondary N) is 1. The third-order valence-corrected chi connectivity index (χ3v) is 8.63. The van der Waals surface area contributed by atoms with Crippen molar-refractivity contribution in [2.75, 3.05) is 18.0 Å². The maximum atomic E-state index is 14.4. The number of sulfonamides is 1. The van der Waals surface area contributed by atoms with Crippen LogP contribution in [0.15, 0.2) is 120 Å². The van der Waals surface area contributed by atoms with Crippen molar-refractivity contribution in [3.63, 3.8) is 0 Å². The molecule has 0 fully saturated rings. The molecule has 0 saturated heterocycles. The van der Waals surface area contributed by atoms with Crippen molar-refractivity contribution in [1.29, 1.82) is 0 Å². The van der Waals surface area contributed by atoms with E-state index >= 15 is 0 Å². The molecular formula is C34H37N3O5S. The summed E-state index contributed by atoms with van der Waals surface area (Å²) in [4.78, 5) is 29.7. The van der Waals surface area contributed by atoms with E-state index in [2.05, 4.69) is 5.32 Å². The molecule has 1 N–H and O–H groups in total. The molecule has 0 bridgehead atoms. The van der Waals surface area contributed by atoms with E-state index in [1.54, 1.807) is 67.8 Å². The van der Waals surface area contributed by atoms with E-state index in [4.69, 9.17) is 4.74 Å². The average molecular weight is 600 g/mol. The van der Waals surface area contributed by atoms with Crippen LogP contribution in [0.2, 0.25) is 0 Å². The zero-order valence-electron chi connectivity index (χ0n) is 24.6. The summed E-state index contributed by atoms with van der Waals surface area (Å²) in [6, 6.07) is 32.1. The van der Waals surface area contributed by atoms with E-state index in [0.717, 1.165) is 15.4 Å². The first kappa shape index (κ1) is 31.3. The summed E-state index contributed by atoms with van der Waals surface area (Å²) < 4.78 is 34.4. The van der Waals surface area contributed by atoms with Gasteiger partial charge in [-0.05, 0) is 61.4 Å². The van der Waals surface area contributed by atoms with Crippen molar-refractivity contribution in [2.24, 2.45) is 0 Å². The predicted molar refractivity (Wildman–Crippen MR) is 168 cm³/mol. The molecule has 0 aliphatic heterocycles. The predicted octanol–water partition coefficient (Wildman–Crippen LogP) is 5.06. The van der Waals surface area contributed by atoms with Gasteiger partial charge in [0, 0.05) is 19.0 Å². The minimum Gasteiger partial charge on any atom is -0.497 e. The largest absolute Gasteiger partial charge is 0.497 e. The Kier molecular flexibility index (Phi) is 10.6. The Morgan fingerprint density at radius 1 is 0.791 bits per heavy atom. The SMILES string of the molecule is COc1cccc(CN(C(=O)CN(c2ccccc2)S(=O)(=O)c2ccccc2)C(Cc2ccccc2)C(=O)NC(C)C)c1. The van der Waals surface area contributed by atoms with Crippen LogP contribution in [0.25, 0.3) is 0 Å². The van der Waals surface area contributed by atoms with E-state index in [1.165, 1.54) is 17.0 Å². The van der Waals surface area contributed by atoms with Gasteiger partial charge in [0.15, 0.2) is 0 Å². The molecule has 4 aromatic rings. The van der Waals surface area contributed by atoms with Crippen LogP contribution in [0.4, 0.5) is 5.69 Å². The van der Waals surface area contributed by atoms with E-state index in [-0.39, 0.29) is 29.8 Å². The van der Waals surface area contributed by atoms with Gasteiger partial charge in [0.25, 0.3) is 10.0 Å². The summed E-state index contributed by atoms with van der Waals surface area (Å²) in [7, 11) is -2.57. The molecule has 1 unspecified atom stereocenters. The highest BCUT2D eigenvalue weighted by Gasteiger charge is 2.34. The number of ether oxygens (including phenoxy) is 1. The van der Waals surface area contributed by atoms with E-state index in [1.807, 2.05) is 56.3 Å². The molecule has 2 amide bonds. The maximum absolute atomic E-state index is 14.4. The second-order valence-electron chi connectivity index (χ2n) is 10.4. The van der Waals surface area contributed by atoms with E-state index < -0.39 is 28.5 Å². The summed E-state index contributed by atoms with van der Waals surface area (Å²) >= 11 is 0. The van der Waals surface area contributed by atoms with E-state index in [9.17, 15) is 18.0 Å². The lowest BCUT2D eigenvalue weighted by Gasteiger charge is -2.34. The molecule has 8 nitrogen and oxygen atoms in total. The van der Waals surface area contributed by atoms with Crippen molar-refractivity contribution in [3.05, 3.63) is 126 Å². The van der Waals surface area contributed by atoms with Gasteiger partial charge >= 0.3 is 0 Å². The number of benzene rings is 4. The van der Waals surface area contributed by atoms with Crippen LogP contribution in [0.1, 0.15) is 25.0 Å². The van der Waals surface area contributed by atoms with Crippen molar-refractivity contribution in [3.8, 4) is 5.75 Å². The molecule has 0 spiro atoms. The van der Waals surface area contributed by atoms with Crippen LogP contribution >= 0.6 is 0 Å². The highest BCUT2D eigenvalue weighted by Crippen LogP contribution is 2.25. The van der Waals surface area contributed by atoms with Gasteiger partial charge < -0.3 is 15.0 Å². The third-order valence-electron chi connectivity index (χ3n) is 6.84. The molecule has 224 valence electrons. The van der Waals surface area contributed by atoms with Gasteiger partial charge in [-0.15, -0.1) is 0 Å². The Labute approximate surface area is 254 Å². The van der Waals surface area contributed by atoms with Crippen LogP contribution in [-0.2, 0) is 32.6 Å². The first-order valence-corrected chi connectivity index (χ1v) is 15.5. The smallest absolute Gasteiger partial charge is 0.264 e. The molecule has 0 aromatic heterocycles. The summed E-state index contributed by atoms with van der Waals surface area (Å²) in [5.41, 5.74) is 1.94. The van der Waals surface area contributed by atoms with Crippen molar-refractivity contribution in [2.45, 2.75) is 43.8 Å². The Morgan fingerprint density at radius 3 is 1.98 bits per heavy atom. The van der Waals surface area contributed by atoms with Gasteiger partial charge in [0.1, 0.15) is 18.3 Å². The van der Waals surface area contributed by atoms with Crippen LogP contribution in [0.5, 0.6) is 5.75 Å². The van der Waals surface area contributed by atoms with Crippen LogP contribution in [0.3, 0.4) is 0 Å². The van der Waals surface area contributed by atoms with Crippen molar-refractivity contribution in [1.82, 2.24) is 10.2 Å². The minimum absolute atomic E-state index is 0.0596. The van der Waals surface area contributed by atoms with Crippen LogP contribution in [0, 0.1) is 0 Å². The molecule has 9 heteroatoms. The molecule has 0 saturated carbocycles. The van der Waals surface area contributed by atoms with Crippen LogP contribution in [-0.4, -0.2) is 50.9 Å². The maximum Gasteiger partial charge on any atom is 0.264 e. The topological polar surface area (TPSA) is 96.0 Å². The number of nitrogens with zero attached hydrogens (tertiary/aromatic N) is 2. The number of para-hydroxylation sites is 1. The molecule has 0 radical (unpaired) electrons. The molecule has 0 heterocycles. The van der Waals surface area contributed by atoms with E-state index in [0.29, 0.717) is 11.4 Å². The lowest BCUT2D eigenvalue weighted by atomic mass is 10.0. The Balaban J connectivity index is 1.79. The minimum atomic E-state index is -4.12. The Hall–Kier alpha value is -4.63. The molecule has 1 atom stereocenters. The number of methoxy groups -OCH3 is 1. The first-order valence-electron chi connectivity index (χ1n) is 14.1. The molecular weight excluding hydrogens is 562 g/mol. The fraction of sp³-hybridized carbons (Fsp3) is 0.235. The summed E-state index contributed by atoms with van der Waals surface area (Å²) in [6.07, 6.45) is 0.242. The van der Waals surface area contributed by atoms with Gasteiger partial charge in [-0.1, -0.05) is 78.9 Å². The summed E-state index contributed by atoms with van der Waals surface area (Å²) in [5, 5.41) is 2.96. The molecule has 4 rings (SSSR count). The summed E-state index contributed by atoms with van der Waals surface area (Å²) in [5.74, 6) is -0.244. The number of hydrogen-bond acceptors (Lipinski definition) is 5. The van der Waals surface area contributed by atoms with Crippen LogP contribution < -0.4 is 14.4 Å². The number of carbonyl (C=O) groups excluding carboxylic acids is 2. The highest BCUT2D eigenvalue weighted by atomic mass is 32.2. The normalized spacial score (nSPS) is 11.9. The number of amides is 2. The second kappa shape index (κ2) is 14.5. The fourth-order valence-corrected chi connectivity index (χ4v) is 6.18. The van der Waals surface area contributed by atoms with Crippen molar-refractivity contribution < 1.29 is 22.7 Å². The Bertz CT molecular complexity index is 1600. The molecule has 0 aliphatic rings. The average Bonchev–Trinajstić information content (AvgIpc) is 3.02. The highest BCUT2D eigenvalue weighted by molar-refractivity contribution is 7.92. The second-order valence-corrected chi connectivity index (χ2v) is 12.3. The van der Waals surface area contributed by atoms with Crippen molar-refractivity contribution >= 4 is 27.5 Å². The molecule has 43 heavy (non-hydrogen) atoms. The third kappa shape index (κ3) is 8.23. The number of carbonyl (C=O) groups is 2. The zero-order valence-corrected chi connectivity index (χ0v) is 25.4. The van der Waals surface area contributed by atoms with Gasteiger partial charge in [-0.2, -0.15) is 0 Å².